The Bertz CT molecular complexity index is 1070. The van der Waals surface area contributed by atoms with Crippen LogP contribution in [0, 0.1) is 0 Å². The van der Waals surface area contributed by atoms with Gasteiger partial charge in [-0.1, -0.05) is 0 Å². The molecule has 0 spiro atoms. The number of hydrogen-bond donors (Lipinski definition) is 9. The van der Waals surface area contributed by atoms with E-state index in [-0.39, 0.29) is 0 Å². The van der Waals surface area contributed by atoms with Gasteiger partial charge < -0.3 is 60.2 Å². The predicted octanol–water partition coefficient (Wildman–Crippen LogP) is -1.26. The molecule has 34 heavy (non-hydrogen) atoms. The molecule has 1 aliphatic rings. The molecule has 0 aromatic heterocycles. The molecular formula is C20H20O14. The molecule has 0 bridgehead atoms. The van der Waals surface area contributed by atoms with E-state index in [1.54, 1.807) is 0 Å². The van der Waals surface area contributed by atoms with Gasteiger partial charge >= 0.3 is 11.9 Å². The number of phenolic OH excluding ortho intramolecular Hbond substituents is 6. The van der Waals surface area contributed by atoms with E-state index in [2.05, 4.69) is 0 Å². The lowest BCUT2D eigenvalue weighted by molar-refractivity contribution is -0.193. The lowest BCUT2D eigenvalue weighted by atomic mass is 9.96. The molecule has 1 fully saturated rings. The van der Waals surface area contributed by atoms with Crippen LogP contribution >= 0.6 is 0 Å². The van der Waals surface area contributed by atoms with E-state index in [0.29, 0.717) is 0 Å². The Morgan fingerprint density at radius 2 is 1.29 bits per heavy atom. The third-order valence-corrected chi connectivity index (χ3v) is 5.01. The summed E-state index contributed by atoms with van der Waals surface area (Å²) in [6.45, 7) is -1.91. The second-order valence-corrected chi connectivity index (χ2v) is 7.33. The monoisotopic (exact) mass is 484 g/mol. The largest absolute Gasteiger partial charge is 0.504 e. The summed E-state index contributed by atoms with van der Waals surface area (Å²) >= 11 is 0. The molecule has 2 aromatic rings. The number of rotatable bonds is 6. The number of aliphatic hydroxyl groups excluding tert-OH is 2. The van der Waals surface area contributed by atoms with Gasteiger partial charge in [0.25, 0.3) is 0 Å². The lowest BCUT2D eigenvalue weighted by Crippen LogP contribution is -2.54. The molecule has 3 rings (SSSR count). The lowest BCUT2D eigenvalue weighted by Gasteiger charge is -2.29. The molecule has 0 amide bonds. The van der Waals surface area contributed by atoms with Crippen molar-refractivity contribution >= 4 is 11.9 Å². The molecule has 14 heteroatoms. The molecule has 4 unspecified atom stereocenters. The number of benzene rings is 2. The van der Waals surface area contributed by atoms with Gasteiger partial charge in [-0.05, 0) is 24.3 Å². The average Bonchev–Trinajstić information content (AvgIpc) is 3.03. The van der Waals surface area contributed by atoms with Crippen LogP contribution in [-0.2, 0) is 14.2 Å². The van der Waals surface area contributed by atoms with Gasteiger partial charge in [-0.2, -0.15) is 0 Å². The van der Waals surface area contributed by atoms with Gasteiger partial charge in [0.2, 0.25) is 6.29 Å². The first-order valence-corrected chi connectivity index (χ1v) is 9.43. The number of esters is 2. The van der Waals surface area contributed by atoms with Crippen molar-refractivity contribution in [2.45, 2.75) is 24.1 Å². The number of aliphatic hydroxyl groups is 3. The molecule has 184 valence electrons. The highest BCUT2D eigenvalue weighted by atomic mass is 16.7. The standard InChI is InChI=1S/C20H20O14/c21-5-13-16(28)20(31,6-32-17(29)7-1-9(22)14(26)10(23)2-7)19(33-13)34-18(30)8-3-11(24)15(27)12(25)4-8/h1-4,13,16,19,21-28,31H,5-6H2. The Hall–Kier alpha value is -3.98. The van der Waals surface area contributed by atoms with E-state index in [1.807, 2.05) is 0 Å². The van der Waals surface area contributed by atoms with Crippen molar-refractivity contribution in [3.63, 3.8) is 0 Å². The third kappa shape index (κ3) is 4.42. The smallest absolute Gasteiger partial charge is 0.340 e. The molecular weight excluding hydrogens is 464 g/mol. The molecule has 4 atom stereocenters. The fourth-order valence-corrected chi connectivity index (χ4v) is 3.11. The molecule has 1 saturated heterocycles. The topological polar surface area (TPSA) is 244 Å². The molecule has 1 aliphatic heterocycles. The molecule has 0 aliphatic carbocycles. The van der Waals surface area contributed by atoms with Crippen molar-refractivity contribution in [1.82, 2.24) is 0 Å². The van der Waals surface area contributed by atoms with E-state index >= 15 is 0 Å². The van der Waals surface area contributed by atoms with Crippen LogP contribution < -0.4 is 0 Å². The predicted molar refractivity (Wildman–Crippen MR) is 105 cm³/mol. The normalized spacial score (nSPS) is 24.0. The fourth-order valence-electron chi connectivity index (χ4n) is 3.11. The maximum Gasteiger partial charge on any atom is 0.340 e. The third-order valence-electron chi connectivity index (χ3n) is 5.01. The summed E-state index contributed by atoms with van der Waals surface area (Å²) in [5.41, 5.74) is -3.57. The molecule has 2 aromatic carbocycles. The zero-order chi connectivity index (χ0) is 25.4. The number of phenols is 6. The van der Waals surface area contributed by atoms with Crippen molar-refractivity contribution in [3.8, 4) is 34.5 Å². The van der Waals surface area contributed by atoms with E-state index in [9.17, 15) is 55.5 Å². The fraction of sp³-hybridized carbons (Fsp3) is 0.300. The number of hydrogen-bond acceptors (Lipinski definition) is 14. The number of aromatic hydroxyl groups is 6. The van der Waals surface area contributed by atoms with Crippen molar-refractivity contribution in [2.75, 3.05) is 13.2 Å². The minimum Gasteiger partial charge on any atom is -0.504 e. The van der Waals surface area contributed by atoms with Gasteiger partial charge in [0.1, 0.15) is 18.8 Å². The Morgan fingerprint density at radius 3 is 1.74 bits per heavy atom. The molecule has 1 heterocycles. The second kappa shape index (κ2) is 9.11. The average molecular weight is 484 g/mol. The first-order valence-electron chi connectivity index (χ1n) is 9.43. The van der Waals surface area contributed by atoms with Crippen LogP contribution in [0.4, 0.5) is 0 Å². The highest BCUT2D eigenvalue weighted by molar-refractivity contribution is 5.92. The zero-order valence-electron chi connectivity index (χ0n) is 17.0. The summed E-state index contributed by atoms with van der Waals surface area (Å²) in [5.74, 6) is -7.76. The maximum absolute atomic E-state index is 12.4. The molecule has 9 N–H and O–H groups in total. The van der Waals surface area contributed by atoms with Gasteiger partial charge in [-0.25, -0.2) is 9.59 Å². The number of carbonyl (C=O) groups is 2. The summed E-state index contributed by atoms with van der Waals surface area (Å²) < 4.78 is 15.0. The van der Waals surface area contributed by atoms with E-state index < -0.39 is 94.9 Å². The SMILES string of the molecule is O=C(OCC1(O)C(OC(=O)c2cc(O)c(O)c(O)c2)OC(CO)C1O)c1cc(O)c(O)c(O)c1. The van der Waals surface area contributed by atoms with Crippen LogP contribution in [-0.4, -0.2) is 95.2 Å². The van der Waals surface area contributed by atoms with Crippen LogP contribution in [0.5, 0.6) is 34.5 Å². The van der Waals surface area contributed by atoms with Gasteiger partial charge in [0.15, 0.2) is 40.1 Å². The van der Waals surface area contributed by atoms with Gasteiger partial charge in [-0.3, -0.25) is 0 Å². The van der Waals surface area contributed by atoms with Crippen LogP contribution in [0.2, 0.25) is 0 Å². The summed E-state index contributed by atoms with van der Waals surface area (Å²) in [5, 5.41) is 87.5. The van der Waals surface area contributed by atoms with Crippen LogP contribution in [0.15, 0.2) is 24.3 Å². The molecule has 0 radical (unpaired) electrons. The van der Waals surface area contributed by atoms with Crippen molar-refractivity contribution in [1.29, 1.82) is 0 Å². The van der Waals surface area contributed by atoms with Gasteiger partial charge in [0.05, 0.1) is 17.7 Å². The Balaban J connectivity index is 1.80. The maximum atomic E-state index is 12.4. The van der Waals surface area contributed by atoms with Crippen LogP contribution in [0.25, 0.3) is 0 Å². The zero-order valence-corrected chi connectivity index (χ0v) is 17.0. The Kier molecular flexibility index (Phi) is 6.60. The van der Waals surface area contributed by atoms with E-state index in [1.165, 1.54) is 0 Å². The highest BCUT2D eigenvalue weighted by Crippen LogP contribution is 2.38. The number of ether oxygens (including phenoxy) is 3. The summed E-state index contributed by atoms with van der Waals surface area (Å²) in [6, 6.07) is 2.96. The summed E-state index contributed by atoms with van der Waals surface area (Å²) in [6.07, 6.45) is -5.45. The Morgan fingerprint density at radius 1 is 0.853 bits per heavy atom. The first kappa shape index (κ1) is 24.7. The van der Waals surface area contributed by atoms with E-state index in [4.69, 9.17) is 14.2 Å². The van der Waals surface area contributed by atoms with Crippen molar-refractivity contribution in [2.24, 2.45) is 0 Å². The first-order chi connectivity index (χ1) is 15.9. The molecule has 14 nitrogen and oxygen atoms in total. The quantitative estimate of drug-likeness (QED) is 0.172. The van der Waals surface area contributed by atoms with Crippen molar-refractivity contribution in [3.05, 3.63) is 35.4 Å². The minimum atomic E-state index is -2.62. The second-order valence-electron chi connectivity index (χ2n) is 7.33. The summed E-state index contributed by atoms with van der Waals surface area (Å²) in [4.78, 5) is 24.7. The van der Waals surface area contributed by atoms with Crippen LogP contribution in [0.3, 0.4) is 0 Å². The number of carbonyl (C=O) groups excluding carboxylic acids is 2. The Labute approximate surface area is 189 Å². The van der Waals surface area contributed by atoms with E-state index in [0.717, 1.165) is 24.3 Å². The molecule has 0 saturated carbocycles. The minimum absolute atomic E-state index is 0.452. The van der Waals surface area contributed by atoms with Gasteiger partial charge in [-0.15, -0.1) is 0 Å². The van der Waals surface area contributed by atoms with Crippen LogP contribution in [0.1, 0.15) is 20.7 Å². The summed E-state index contributed by atoms with van der Waals surface area (Å²) in [7, 11) is 0. The highest BCUT2D eigenvalue weighted by Gasteiger charge is 2.58. The van der Waals surface area contributed by atoms with Crippen molar-refractivity contribution < 1.29 is 69.8 Å². The van der Waals surface area contributed by atoms with Gasteiger partial charge in [0, 0.05) is 0 Å².